The summed E-state index contributed by atoms with van der Waals surface area (Å²) in [7, 11) is 3.88. The molecular formula is C57H63FN4O10. The lowest BCUT2D eigenvalue weighted by Crippen LogP contribution is -2.29. The smallest absolute Gasteiger partial charge is 0.193 e. The van der Waals surface area contributed by atoms with Crippen molar-refractivity contribution in [3.63, 3.8) is 0 Å². The molecule has 0 saturated carbocycles. The van der Waals surface area contributed by atoms with Gasteiger partial charge < -0.3 is 43.0 Å². The van der Waals surface area contributed by atoms with Crippen LogP contribution in [0.15, 0.2) is 140 Å². The fourth-order valence-corrected chi connectivity index (χ4v) is 7.94. The van der Waals surface area contributed by atoms with E-state index in [1.165, 1.54) is 12.1 Å². The largest absolute Gasteiger partial charge is 0.496 e. The van der Waals surface area contributed by atoms with Gasteiger partial charge in [0.2, 0.25) is 0 Å². The van der Waals surface area contributed by atoms with Crippen molar-refractivity contribution in [2.45, 2.75) is 40.8 Å². The summed E-state index contributed by atoms with van der Waals surface area (Å²) in [5.41, 5.74) is 14.0. The molecule has 0 saturated heterocycles. The number of pyridine rings is 2. The molecule has 14 nitrogen and oxygen atoms in total. The van der Waals surface area contributed by atoms with Crippen LogP contribution in [0.1, 0.15) is 33.6 Å². The first-order chi connectivity index (χ1) is 35.1. The molecule has 8 aromatic rings. The average molecular weight is 983 g/mol. The zero-order chi connectivity index (χ0) is 51.4. The molecule has 0 aliphatic rings. The second-order valence-electron chi connectivity index (χ2n) is 16.5. The maximum atomic E-state index is 12.5. The second-order valence-corrected chi connectivity index (χ2v) is 16.5. The lowest BCUT2D eigenvalue weighted by atomic mass is 10.1. The van der Waals surface area contributed by atoms with Crippen molar-refractivity contribution in [2.75, 3.05) is 74.1 Å². The molecule has 0 spiro atoms. The van der Waals surface area contributed by atoms with E-state index in [0.29, 0.717) is 112 Å². The number of alkyl halides is 1. The Labute approximate surface area is 419 Å². The number of ether oxygens (including phenoxy) is 6. The molecule has 0 radical (unpaired) electrons. The second kappa shape index (κ2) is 27.2. The van der Waals surface area contributed by atoms with Gasteiger partial charge in [-0.05, 0) is 100 Å². The number of aryl methyl sites for hydroxylation is 2. The van der Waals surface area contributed by atoms with Crippen LogP contribution >= 0.6 is 0 Å². The van der Waals surface area contributed by atoms with Crippen molar-refractivity contribution in [1.29, 1.82) is 0 Å². The van der Waals surface area contributed by atoms with Gasteiger partial charge in [0.05, 0.1) is 70.0 Å². The molecule has 4 aromatic carbocycles. The Morgan fingerprint density at radius 1 is 0.556 bits per heavy atom. The Balaban J connectivity index is 0.000000273. The number of halogens is 1. The number of para-hydroxylation sites is 2. The fraction of sp³-hybridized carbons (Fsp3) is 0.298. The van der Waals surface area contributed by atoms with E-state index in [2.05, 4.69) is 4.90 Å². The summed E-state index contributed by atoms with van der Waals surface area (Å²) in [6, 6.07) is 32.4. The highest BCUT2D eigenvalue weighted by Crippen LogP contribution is 2.29. The standard InChI is InChI=1S/C37H41N3O6.C19H19NO4.CH3F/c1-24-20-38-31(26(3)36(24)42-5)22-40(23-32-27(4)37(43-6)25(2)21-39-32)15-16-44-17-18-45-29-13-11-28(12-14-29)35-19-33(41)30-9-7-8-10-34(30)46-35;20-9-10-22-11-12-23-15-7-5-14(6-8-15)19-13-17(21)16-3-1-2-4-18(16)24-19;1-2/h7-14,19-21H,15-18,22-23H2,1-6H3;1-8,13H,9-12,20H2;1H3. The molecule has 0 aliphatic heterocycles. The molecule has 378 valence electrons. The summed E-state index contributed by atoms with van der Waals surface area (Å²) in [5.74, 6) is 4.22. The number of nitrogens with two attached hydrogens (primary N) is 1. The SMILES string of the molecule is CF.COc1c(C)cnc(CN(CCOCCOc2ccc(-c3cc(=O)c4ccccc4o3)cc2)Cc2ncc(C)c(OC)c2C)c1C.NCCOCCOc1ccc(-c2cc(=O)c3ccccc3o2)cc1. The summed E-state index contributed by atoms with van der Waals surface area (Å²) >= 11 is 0. The first kappa shape index (κ1) is 53.9. The van der Waals surface area contributed by atoms with Gasteiger partial charge in [0.1, 0.15) is 58.9 Å². The van der Waals surface area contributed by atoms with Gasteiger partial charge in [-0.25, -0.2) is 0 Å². The monoisotopic (exact) mass is 982 g/mol. The van der Waals surface area contributed by atoms with Crippen molar-refractivity contribution < 1.29 is 41.6 Å². The molecule has 8 rings (SSSR count). The van der Waals surface area contributed by atoms with E-state index in [9.17, 15) is 14.0 Å². The molecule has 0 fully saturated rings. The third kappa shape index (κ3) is 14.3. The van der Waals surface area contributed by atoms with Gasteiger partial charge >= 0.3 is 0 Å². The van der Waals surface area contributed by atoms with Crippen LogP contribution < -0.4 is 35.5 Å². The number of hydrogen-bond donors (Lipinski definition) is 1. The van der Waals surface area contributed by atoms with Crippen LogP contribution in [0.3, 0.4) is 0 Å². The topological polar surface area (TPSA) is 171 Å². The predicted molar refractivity (Wildman–Crippen MR) is 279 cm³/mol. The Kier molecular flexibility index (Phi) is 20.4. The Morgan fingerprint density at radius 2 is 0.972 bits per heavy atom. The van der Waals surface area contributed by atoms with E-state index in [1.807, 2.05) is 113 Å². The summed E-state index contributed by atoms with van der Waals surface area (Å²) in [6.07, 6.45) is 3.71. The van der Waals surface area contributed by atoms with Crippen molar-refractivity contribution in [3.8, 4) is 45.6 Å². The molecule has 0 bridgehead atoms. The number of nitrogens with zero attached hydrogens (tertiary/aromatic N) is 3. The first-order valence-corrected chi connectivity index (χ1v) is 23.5. The third-order valence-electron chi connectivity index (χ3n) is 11.6. The number of benzene rings is 4. The van der Waals surface area contributed by atoms with Gasteiger partial charge in [-0.2, -0.15) is 0 Å². The Morgan fingerprint density at radius 3 is 1.39 bits per heavy atom. The van der Waals surface area contributed by atoms with Gasteiger partial charge in [-0.1, -0.05) is 24.3 Å². The summed E-state index contributed by atoms with van der Waals surface area (Å²) in [4.78, 5) is 36.4. The minimum absolute atomic E-state index is 0.0516. The van der Waals surface area contributed by atoms with Crippen LogP contribution in [-0.4, -0.2) is 89.0 Å². The van der Waals surface area contributed by atoms with Crippen LogP contribution in [0, 0.1) is 27.7 Å². The summed E-state index contributed by atoms with van der Waals surface area (Å²) in [5, 5.41) is 1.15. The van der Waals surface area contributed by atoms with Gasteiger partial charge in [0, 0.05) is 84.1 Å². The highest BCUT2D eigenvalue weighted by Gasteiger charge is 2.18. The Hall–Kier alpha value is -7.43. The van der Waals surface area contributed by atoms with E-state index in [4.69, 9.17) is 53.0 Å². The van der Waals surface area contributed by atoms with Crippen molar-refractivity contribution in [1.82, 2.24) is 14.9 Å². The van der Waals surface area contributed by atoms with Crippen molar-refractivity contribution in [2.24, 2.45) is 5.73 Å². The fourth-order valence-electron chi connectivity index (χ4n) is 7.94. The maximum absolute atomic E-state index is 12.5. The maximum Gasteiger partial charge on any atom is 0.193 e. The van der Waals surface area contributed by atoms with E-state index in [-0.39, 0.29) is 10.9 Å². The van der Waals surface area contributed by atoms with Gasteiger partial charge in [-0.3, -0.25) is 28.8 Å². The summed E-state index contributed by atoms with van der Waals surface area (Å²) < 4.78 is 55.3. The van der Waals surface area contributed by atoms with Crippen molar-refractivity contribution >= 4 is 21.9 Å². The predicted octanol–water partition coefficient (Wildman–Crippen LogP) is 10.00. The van der Waals surface area contributed by atoms with Gasteiger partial charge in [0.25, 0.3) is 0 Å². The van der Waals surface area contributed by atoms with E-state index >= 15 is 0 Å². The molecular weight excluding hydrogens is 920 g/mol. The van der Waals surface area contributed by atoms with Gasteiger partial charge in [0.15, 0.2) is 10.9 Å². The molecule has 15 heteroatoms. The molecule has 0 amide bonds. The van der Waals surface area contributed by atoms with E-state index < -0.39 is 0 Å². The number of fused-ring (bicyclic) bond motifs is 2. The highest BCUT2D eigenvalue weighted by atomic mass is 19.1. The highest BCUT2D eigenvalue weighted by molar-refractivity contribution is 5.79. The van der Waals surface area contributed by atoms with Gasteiger partial charge in [-0.15, -0.1) is 0 Å². The number of methoxy groups -OCH3 is 2. The van der Waals surface area contributed by atoms with Crippen LogP contribution in [-0.2, 0) is 22.6 Å². The van der Waals surface area contributed by atoms with Crippen LogP contribution in [0.25, 0.3) is 44.6 Å². The van der Waals surface area contributed by atoms with E-state index in [1.54, 1.807) is 38.5 Å². The quantitative estimate of drug-likeness (QED) is 0.0675. The minimum atomic E-state index is -0.0668. The normalized spacial score (nSPS) is 10.9. The molecule has 4 aromatic heterocycles. The number of aromatic nitrogens is 2. The molecule has 0 unspecified atom stereocenters. The number of hydrogen-bond acceptors (Lipinski definition) is 14. The zero-order valence-corrected chi connectivity index (χ0v) is 42.0. The lowest BCUT2D eigenvalue weighted by molar-refractivity contribution is 0.0753. The van der Waals surface area contributed by atoms with E-state index in [0.717, 1.165) is 62.0 Å². The molecule has 72 heavy (non-hydrogen) atoms. The van der Waals surface area contributed by atoms with Crippen LogP contribution in [0.5, 0.6) is 23.0 Å². The molecule has 0 atom stereocenters. The molecule has 2 N–H and O–H groups in total. The number of rotatable bonds is 21. The van der Waals surface area contributed by atoms with Crippen LogP contribution in [0.4, 0.5) is 4.39 Å². The third-order valence-corrected chi connectivity index (χ3v) is 11.6. The lowest BCUT2D eigenvalue weighted by Gasteiger charge is -2.24. The zero-order valence-electron chi connectivity index (χ0n) is 42.0. The van der Waals surface area contributed by atoms with Crippen molar-refractivity contribution in [3.05, 3.63) is 176 Å². The Bertz CT molecular complexity index is 3040. The molecule has 0 aliphatic carbocycles. The summed E-state index contributed by atoms with van der Waals surface area (Å²) in [6.45, 7) is 13.3. The minimum Gasteiger partial charge on any atom is -0.496 e. The van der Waals surface area contributed by atoms with Crippen LogP contribution in [0.2, 0.25) is 0 Å². The average Bonchev–Trinajstić information content (AvgIpc) is 3.40. The first-order valence-electron chi connectivity index (χ1n) is 23.5. The molecule has 4 heterocycles.